The summed E-state index contributed by atoms with van der Waals surface area (Å²) in [7, 11) is 0. The molecule has 2 rings (SSSR count). The minimum Gasteiger partial charge on any atom is -0.460 e. The predicted molar refractivity (Wildman–Crippen MR) is 67.8 cm³/mol. The molecule has 5 nitrogen and oxygen atoms in total. The lowest BCUT2D eigenvalue weighted by Gasteiger charge is -2.16. The molecule has 102 valence electrons. The zero-order valence-corrected chi connectivity index (χ0v) is 11.5. The van der Waals surface area contributed by atoms with Crippen molar-refractivity contribution in [3.8, 4) is 11.5 Å². The Balaban J connectivity index is 2.34. The second-order valence-corrected chi connectivity index (χ2v) is 4.85. The van der Waals surface area contributed by atoms with Crippen LogP contribution in [0, 0.1) is 0 Å². The Kier molecular flexibility index (Phi) is 3.41. The standard InChI is InChI=1S/C13H13ClO5/c1-4-17-12(16)10(15)7-5-8(14)11-9(6-7)18-13(2,3)19-11/h5-6H,4H2,1-3H3. The van der Waals surface area contributed by atoms with Crippen molar-refractivity contribution in [3.63, 3.8) is 0 Å². The topological polar surface area (TPSA) is 61.8 Å². The van der Waals surface area contributed by atoms with Crippen molar-refractivity contribution < 1.29 is 23.8 Å². The van der Waals surface area contributed by atoms with Crippen molar-refractivity contribution in [2.45, 2.75) is 26.6 Å². The summed E-state index contributed by atoms with van der Waals surface area (Å²) in [5.74, 6) is -1.83. The molecule has 0 spiro atoms. The van der Waals surface area contributed by atoms with Crippen LogP contribution in [0.2, 0.25) is 5.02 Å². The molecule has 0 N–H and O–H groups in total. The van der Waals surface area contributed by atoms with Gasteiger partial charge in [-0.05, 0) is 19.1 Å². The van der Waals surface area contributed by atoms with Crippen molar-refractivity contribution in [2.75, 3.05) is 6.61 Å². The Morgan fingerprint density at radius 1 is 1.32 bits per heavy atom. The molecule has 0 amide bonds. The highest BCUT2D eigenvalue weighted by Gasteiger charge is 2.35. The van der Waals surface area contributed by atoms with Crippen molar-refractivity contribution >= 4 is 23.4 Å². The van der Waals surface area contributed by atoms with E-state index in [1.165, 1.54) is 12.1 Å². The highest BCUT2D eigenvalue weighted by molar-refractivity contribution is 6.41. The van der Waals surface area contributed by atoms with Crippen LogP contribution in [0.25, 0.3) is 0 Å². The number of hydrogen-bond donors (Lipinski definition) is 0. The normalized spacial score (nSPS) is 15.2. The van der Waals surface area contributed by atoms with Crippen LogP contribution < -0.4 is 9.47 Å². The lowest BCUT2D eigenvalue weighted by Crippen LogP contribution is -2.29. The van der Waals surface area contributed by atoms with Gasteiger partial charge in [0.1, 0.15) is 0 Å². The summed E-state index contributed by atoms with van der Waals surface area (Å²) in [6.07, 6.45) is 0. The zero-order chi connectivity index (χ0) is 14.2. The number of halogens is 1. The van der Waals surface area contributed by atoms with Gasteiger partial charge in [-0.2, -0.15) is 0 Å². The molecule has 1 aromatic carbocycles. The van der Waals surface area contributed by atoms with E-state index in [2.05, 4.69) is 4.74 Å². The molecule has 0 radical (unpaired) electrons. The Morgan fingerprint density at radius 2 is 2.00 bits per heavy atom. The van der Waals surface area contributed by atoms with Crippen LogP contribution in [-0.4, -0.2) is 24.1 Å². The number of carbonyl (C=O) groups excluding carboxylic acids is 2. The molecule has 1 heterocycles. The maximum Gasteiger partial charge on any atom is 0.379 e. The number of hydrogen-bond acceptors (Lipinski definition) is 5. The summed E-state index contributed by atoms with van der Waals surface area (Å²) in [5, 5.41) is 0.218. The fraction of sp³-hybridized carbons (Fsp3) is 0.385. The fourth-order valence-corrected chi connectivity index (χ4v) is 1.97. The van der Waals surface area contributed by atoms with Crippen LogP contribution in [0.1, 0.15) is 31.1 Å². The molecule has 0 atom stereocenters. The first kappa shape index (κ1) is 13.7. The lowest BCUT2D eigenvalue weighted by atomic mass is 10.1. The third kappa shape index (κ3) is 2.66. The van der Waals surface area contributed by atoms with Crippen LogP contribution in [0.4, 0.5) is 0 Å². The molecule has 0 aromatic heterocycles. The minimum atomic E-state index is -0.920. The van der Waals surface area contributed by atoms with Crippen molar-refractivity contribution in [3.05, 3.63) is 22.7 Å². The van der Waals surface area contributed by atoms with E-state index in [4.69, 9.17) is 21.1 Å². The first-order valence-corrected chi connectivity index (χ1v) is 6.15. The van der Waals surface area contributed by atoms with Gasteiger partial charge in [0.25, 0.3) is 5.78 Å². The minimum absolute atomic E-state index is 0.114. The summed E-state index contributed by atoms with van der Waals surface area (Å²) in [5.41, 5.74) is 0.114. The number of rotatable bonds is 3. The summed E-state index contributed by atoms with van der Waals surface area (Å²) in [6, 6.07) is 2.79. The molecule has 1 aromatic rings. The summed E-state index contributed by atoms with van der Waals surface area (Å²) < 4.78 is 15.6. The van der Waals surface area contributed by atoms with E-state index in [9.17, 15) is 9.59 Å². The highest BCUT2D eigenvalue weighted by atomic mass is 35.5. The number of benzene rings is 1. The first-order valence-electron chi connectivity index (χ1n) is 5.77. The molecule has 0 aliphatic carbocycles. The second-order valence-electron chi connectivity index (χ2n) is 4.44. The molecule has 0 saturated heterocycles. The van der Waals surface area contributed by atoms with Gasteiger partial charge in [-0.1, -0.05) is 11.6 Å². The van der Waals surface area contributed by atoms with Gasteiger partial charge in [0, 0.05) is 19.4 Å². The van der Waals surface area contributed by atoms with Gasteiger partial charge >= 0.3 is 5.97 Å². The third-order valence-corrected chi connectivity index (χ3v) is 2.72. The SMILES string of the molecule is CCOC(=O)C(=O)c1cc(Cl)c2c(c1)OC(C)(C)O2. The van der Waals surface area contributed by atoms with Gasteiger partial charge in [0.15, 0.2) is 11.5 Å². The molecule has 1 aliphatic heterocycles. The summed E-state index contributed by atoms with van der Waals surface area (Å²) in [6.45, 7) is 5.20. The molecule has 0 unspecified atom stereocenters. The van der Waals surface area contributed by atoms with Crippen molar-refractivity contribution in [1.82, 2.24) is 0 Å². The molecule has 1 aliphatic rings. The second kappa shape index (κ2) is 4.74. The molecule has 0 saturated carbocycles. The van der Waals surface area contributed by atoms with Crippen LogP contribution in [0.5, 0.6) is 11.5 Å². The Bertz CT molecular complexity index is 550. The first-order chi connectivity index (χ1) is 8.84. The maximum absolute atomic E-state index is 11.8. The smallest absolute Gasteiger partial charge is 0.379 e. The third-order valence-electron chi connectivity index (χ3n) is 2.44. The van der Waals surface area contributed by atoms with Crippen LogP contribution in [0.3, 0.4) is 0 Å². The number of esters is 1. The van der Waals surface area contributed by atoms with Crippen molar-refractivity contribution in [2.24, 2.45) is 0 Å². The van der Waals surface area contributed by atoms with Gasteiger partial charge in [0.05, 0.1) is 11.6 Å². The molecule has 0 fully saturated rings. The average molecular weight is 285 g/mol. The van der Waals surface area contributed by atoms with Crippen LogP contribution in [-0.2, 0) is 9.53 Å². The molecular formula is C13H13ClO5. The Hall–Kier alpha value is -1.75. The van der Waals surface area contributed by atoms with Gasteiger partial charge in [0.2, 0.25) is 5.79 Å². The number of ketones is 1. The van der Waals surface area contributed by atoms with E-state index in [0.717, 1.165) is 0 Å². The van der Waals surface area contributed by atoms with E-state index in [0.29, 0.717) is 11.5 Å². The largest absolute Gasteiger partial charge is 0.460 e. The summed E-state index contributed by atoms with van der Waals surface area (Å²) in [4.78, 5) is 23.2. The van der Waals surface area contributed by atoms with E-state index in [-0.39, 0.29) is 17.2 Å². The predicted octanol–water partition coefficient (Wildman–Crippen LogP) is 2.59. The number of fused-ring (bicyclic) bond motifs is 1. The zero-order valence-electron chi connectivity index (χ0n) is 10.8. The maximum atomic E-state index is 11.8. The van der Waals surface area contributed by atoms with E-state index >= 15 is 0 Å². The fourth-order valence-electron chi connectivity index (χ4n) is 1.72. The monoisotopic (exact) mass is 284 g/mol. The van der Waals surface area contributed by atoms with Gasteiger partial charge < -0.3 is 14.2 Å². The van der Waals surface area contributed by atoms with Crippen LogP contribution >= 0.6 is 11.6 Å². The average Bonchev–Trinajstić information content (AvgIpc) is 2.63. The Morgan fingerprint density at radius 3 is 2.63 bits per heavy atom. The van der Waals surface area contributed by atoms with Crippen LogP contribution in [0.15, 0.2) is 12.1 Å². The number of ether oxygens (including phenoxy) is 3. The van der Waals surface area contributed by atoms with E-state index < -0.39 is 17.5 Å². The lowest BCUT2D eigenvalue weighted by molar-refractivity contribution is -0.137. The molecule has 6 heteroatoms. The van der Waals surface area contributed by atoms with Gasteiger partial charge in [-0.25, -0.2) is 4.79 Å². The Labute approximate surface area is 115 Å². The van der Waals surface area contributed by atoms with Gasteiger partial charge in [-0.15, -0.1) is 0 Å². The highest BCUT2D eigenvalue weighted by Crippen LogP contribution is 2.45. The van der Waals surface area contributed by atoms with Gasteiger partial charge in [-0.3, -0.25) is 4.79 Å². The van der Waals surface area contributed by atoms with Crippen molar-refractivity contribution in [1.29, 1.82) is 0 Å². The molecule has 0 bridgehead atoms. The van der Waals surface area contributed by atoms with E-state index in [1.54, 1.807) is 20.8 Å². The summed E-state index contributed by atoms with van der Waals surface area (Å²) >= 11 is 6.02. The molecule has 19 heavy (non-hydrogen) atoms. The molecular weight excluding hydrogens is 272 g/mol. The van der Waals surface area contributed by atoms with E-state index in [1.807, 2.05) is 0 Å². The quantitative estimate of drug-likeness (QED) is 0.485. The number of Topliss-reactive ketones (excluding diaryl/α,β-unsaturated/α-hetero) is 1. The number of carbonyl (C=O) groups is 2.